The van der Waals surface area contributed by atoms with Crippen LogP contribution in [0.5, 0.6) is 0 Å². The number of nitrogens with zero attached hydrogens (tertiary/aromatic N) is 3. The number of Topliss-reactive ketones (excluding diaryl/α,β-unsaturated/α-hetero) is 1. The lowest BCUT2D eigenvalue weighted by Gasteiger charge is -2.38. The van der Waals surface area contributed by atoms with E-state index in [1.54, 1.807) is 60.7 Å². The minimum absolute atomic E-state index is 0.00373. The van der Waals surface area contributed by atoms with Crippen LogP contribution in [-0.4, -0.2) is 232 Å². The van der Waals surface area contributed by atoms with Crippen molar-refractivity contribution in [1.29, 1.82) is 0 Å². The molecule has 0 bridgehead atoms. The Bertz CT molecular complexity index is 4470. The predicted octanol–water partition coefficient (Wildman–Crippen LogP) is 12.2. The molecule has 10 rings (SSSR count). The Hall–Kier alpha value is -5.98. The van der Waals surface area contributed by atoms with Gasteiger partial charge in [-0.25, -0.2) is 34.7 Å². The molecular formula is C86H110Cl6N8O18S3. The van der Waals surface area contributed by atoms with E-state index in [4.69, 9.17) is 98.0 Å². The van der Waals surface area contributed by atoms with Gasteiger partial charge in [-0.05, 0) is 189 Å². The highest BCUT2D eigenvalue weighted by atomic mass is 35.5. The largest absolute Gasteiger partial charge is 0.481 e. The van der Waals surface area contributed by atoms with E-state index in [1.807, 2.05) is 57.5 Å². The normalized spacial score (nSPS) is 18.4. The molecule has 0 aromatic heterocycles. The molecule has 1 aliphatic carbocycles. The predicted molar refractivity (Wildman–Crippen MR) is 467 cm³/mol. The monoisotopic (exact) mass is 1850 g/mol. The van der Waals surface area contributed by atoms with Gasteiger partial charge in [-0.1, -0.05) is 119 Å². The fraction of sp³-hybridized carbons (Fsp3) is 0.523. The molecule has 0 radical (unpaired) electrons. The van der Waals surface area contributed by atoms with Crippen molar-refractivity contribution in [3.63, 3.8) is 0 Å². The van der Waals surface area contributed by atoms with Crippen LogP contribution in [0.3, 0.4) is 0 Å². The average molecular weight is 1850 g/mol. The van der Waals surface area contributed by atoms with E-state index in [0.29, 0.717) is 95.1 Å². The third-order valence-electron chi connectivity index (χ3n) is 22.4. The molecule has 3 heterocycles. The Kier molecular flexibility index (Phi) is 37.8. The van der Waals surface area contributed by atoms with Gasteiger partial charge in [-0.3, -0.25) is 24.0 Å². The maximum Gasteiger partial charge on any atom is 0.307 e. The number of hydrogen-bond donors (Lipinski definition) is 6. The summed E-state index contributed by atoms with van der Waals surface area (Å²) in [5.74, 6) is -5.18. The Morgan fingerprint density at radius 2 is 0.802 bits per heavy atom. The maximum absolute atomic E-state index is 14.5. The number of rotatable bonds is 49. The summed E-state index contributed by atoms with van der Waals surface area (Å²) in [6.45, 7) is 5.42. The minimum atomic E-state index is -3.92. The molecule has 4 aliphatic rings. The van der Waals surface area contributed by atoms with Crippen LogP contribution in [0.25, 0.3) is 0 Å². The zero-order valence-corrected chi connectivity index (χ0v) is 75.4. The number of aliphatic carboxylic acids is 1. The number of carboxylic acids is 1. The number of amides is 3. The molecule has 0 saturated heterocycles. The molecule has 1 saturated carbocycles. The Balaban J connectivity index is 0.677. The summed E-state index contributed by atoms with van der Waals surface area (Å²) in [5, 5.41) is 22.3. The number of sulfonamides is 2. The number of carbonyl (C=O) groups is 5. The first kappa shape index (κ1) is 97.2. The molecule has 3 amide bonds. The standard InChI is InChI=1S/C86H110Cl6N8O18S3/c1-98-52-73(70-46-61(87)49-79(90)76(70)55-98)58-11-6-15-65(43-58)119(107,108)42-10-31-114-37-38-115-32-26-93-82(102)21-24-86(97-84(104)68-18-4-5-19-69(68)85(105)106,23-20-64(101)14-9-30-113-36-39-117-34-28-95-120(109,110)66-16-7-12-59(44-66)74-53-99(2)56-77-71(74)47-62(88)50-80(77)91)25-22-83(103)94-27-33-116-40-41-118-35-29-96-121(111,112)67-17-8-13-60(45-67)75-54-100(3)57-78-72(75)48-63(89)51-81(78)92/h6-8,11-13,15-17,43-51,68-69,73-75,95-96H,4-5,9-10,14,18-42,52-57H2,1-3H3,(H,93,102)(H,94,103)(H,97,104)(H,105,106)/t68-,69-,73-,74-,75-,86?/m0/s1. The topological polar surface area (TPSA) is 333 Å². The van der Waals surface area contributed by atoms with Gasteiger partial charge in [-0.15, -0.1) is 0 Å². The van der Waals surface area contributed by atoms with Crippen LogP contribution in [0.2, 0.25) is 30.1 Å². The summed E-state index contributed by atoms with van der Waals surface area (Å²) in [4.78, 5) is 75.3. The number of fused-ring (bicyclic) bond motifs is 3. The van der Waals surface area contributed by atoms with Crippen molar-refractivity contribution in [1.82, 2.24) is 40.1 Å². The number of halogens is 6. The SMILES string of the molecule is CN1Cc2c(Cl)cc(Cl)cc2[C@H](c2cccc(S(=O)(=O)CCCOCCOCCNC(=O)CCC(CCC(=O)CCCOCCOCCNS(=O)(=O)c3cccc([C@@H]4CN(C)Cc5c(Cl)cc(Cl)cc54)c3)(CCC(=O)NCCOCCOCCNS(=O)(=O)c3cccc([C@@H]4CN(C)Cc5c(Cl)cc(Cl)cc54)c3)NC(=O)[C@H]3CCCC[C@@H]3C(=O)O)c2)C1. The maximum atomic E-state index is 14.5. The molecule has 3 aliphatic heterocycles. The summed E-state index contributed by atoms with van der Waals surface area (Å²) >= 11 is 39.0. The molecule has 6 aromatic rings. The summed E-state index contributed by atoms with van der Waals surface area (Å²) in [5.41, 5.74) is 6.82. The van der Waals surface area contributed by atoms with E-state index < -0.39 is 70.9 Å². The van der Waals surface area contributed by atoms with Gasteiger partial charge in [0.25, 0.3) is 0 Å². The van der Waals surface area contributed by atoms with Crippen LogP contribution in [-0.2, 0) is 102 Å². The number of ketones is 1. The second kappa shape index (κ2) is 47.0. The number of carbonyl (C=O) groups excluding carboxylic acids is 4. The number of carboxylic acid groups (broad SMARTS) is 1. The van der Waals surface area contributed by atoms with Gasteiger partial charge in [0.2, 0.25) is 37.8 Å². The lowest BCUT2D eigenvalue weighted by molar-refractivity contribution is -0.149. The second-order valence-electron chi connectivity index (χ2n) is 31.4. The fourth-order valence-electron chi connectivity index (χ4n) is 16.2. The molecule has 6 atom stereocenters. The van der Waals surface area contributed by atoms with Crippen LogP contribution in [0.1, 0.15) is 151 Å². The lowest BCUT2D eigenvalue weighted by Crippen LogP contribution is -2.53. The van der Waals surface area contributed by atoms with Crippen LogP contribution in [0.4, 0.5) is 0 Å². The lowest BCUT2D eigenvalue weighted by atomic mass is 9.77. The first-order valence-electron chi connectivity index (χ1n) is 41.0. The van der Waals surface area contributed by atoms with E-state index in [-0.39, 0.29) is 207 Å². The van der Waals surface area contributed by atoms with E-state index in [2.05, 4.69) is 40.1 Å². The summed E-state index contributed by atoms with van der Waals surface area (Å²) in [7, 11) is -5.57. The molecule has 26 nitrogen and oxygen atoms in total. The Morgan fingerprint density at radius 3 is 1.21 bits per heavy atom. The number of ether oxygens (including phenoxy) is 6. The van der Waals surface area contributed by atoms with Crippen molar-refractivity contribution in [3.8, 4) is 0 Å². The molecule has 6 N–H and O–H groups in total. The summed E-state index contributed by atoms with van der Waals surface area (Å²) in [6, 6.07) is 31.3. The molecule has 35 heteroatoms. The molecule has 662 valence electrons. The Morgan fingerprint density at radius 1 is 0.438 bits per heavy atom. The molecule has 121 heavy (non-hydrogen) atoms. The first-order valence-corrected chi connectivity index (χ1v) is 47.8. The average Bonchev–Trinajstić information content (AvgIpc) is 0.781. The molecule has 1 fully saturated rings. The smallest absolute Gasteiger partial charge is 0.307 e. The number of benzene rings is 6. The van der Waals surface area contributed by atoms with Crippen molar-refractivity contribution < 1.29 is 82.8 Å². The van der Waals surface area contributed by atoms with Crippen LogP contribution >= 0.6 is 69.6 Å². The third kappa shape index (κ3) is 29.0. The van der Waals surface area contributed by atoms with Gasteiger partial charge < -0.3 is 64.2 Å². The van der Waals surface area contributed by atoms with Gasteiger partial charge in [0.1, 0.15) is 5.78 Å². The third-order valence-corrected chi connectivity index (χ3v) is 28.7. The van der Waals surface area contributed by atoms with E-state index in [9.17, 15) is 54.3 Å². The van der Waals surface area contributed by atoms with Crippen LogP contribution < -0.4 is 25.4 Å². The van der Waals surface area contributed by atoms with Gasteiger partial charge in [-0.2, -0.15) is 0 Å². The van der Waals surface area contributed by atoms with Gasteiger partial charge in [0.15, 0.2) is 9.84 Å². The van der Waals surface area contributed by atoms with Gasteiger partial charge >= 0.3 is 5.97 Å². The quantitative estimate of drug-likeness (QED) is 0.0193. The highest BCUT2D eigenvalue weighted by molar-refractivity contribution is 7.91. The number of sulfone groups is 1. The molecule has 6 aromatic carbocycles. The number of likely N-dealkylation sites (N-methyl/N-ethyl adjacent to an activating group) is 3. The molecular weight excluding hydrogens is 1740 g/mol. The van der Waals surface area contributed by atoms with E-state index in [0.717, 1.165) is 50.1 Å². The zero-order valence-electron chi connectivity index (χ0n) is 68.5. The van der Waals surface area contributed by atoms with Crippen molar-refractivity contribution >= 4 is 129 Å². The summed E-state index contributed by atoms with van der Waals surface area (Å²) < 4.78 is 121. The van der Waals surface area contributed by atoms with E-state index >= 15 is 0 Å². The fourth-order valence-corrected chi connectivity index (χ4v) is 21.3. The van der Waals surface area contributed by atoms with Gasteiger partial charge in [0.05, 0.1) is 98.3 Å². The minimum Gasteiger partial charge on any atom is -0.481 e. The highest BCUT2D eigenvalue weighted by Gasteiger charge is 2.41. The number of nitrogens with one attached hydrogen (secondary N) is 5. The Labute approximate surface area is 740 Å². The van der Waals surface area contributed by atoms with Crippen LogP contribution in [0, 0.1) is 11.8 Å². The van der Waals surface area contributed by atoms with Gasteiger partial charge in [0, 0.05) is 158 Å². The molecule has 1 unspecified atom stereocenters. The van der Waals surface area contributed by atoms with Crippen LogP contribution in [0.15, 0.2) is 124 Å². The highest BCUT2D eigenvalue weighted by Crippen LogP contribution is 2.43. The first-order chi connectivity index (χ1) is 57.9. The van der Waals surface area contributed by atoms with Crippen molar-refractivity contribution in [3.05, 3.63) is 189 Å². The van der Waals surface area contributed by atoms with Crippen molar-refractivity contribution in [2.24, 2.45) is 11.8 Å². The van der Waals surface area contributed by atoms with Crippen molar-refractivity contribution in [2.45, 2.75) is 141 Å². The second-order valence-corrected chi connectivity index (χ2v) is 39.6. The molecule has 0 spiro atoms. The number of hydrogen-bond acceptors (Lipinski definition) is 20. The zero-order chi connectivity index (χ0) is 86.9. The van der Waals surface area contributed by atoms with Crippen molar-refractivity contribution in [2.75, 3.05) is 152 Å². The van der Waals surface area contributed by atoms with E-state index in [1.165, 1.54) is 12.1 Å². The summed E-state index contributed by atoms with van der Waals surface area (Å²) in [6.07, 6.45) is 1.98.